The van der Waals surface area contributed by atoms with Crippen LogP contribution in [-0.4, -0.2) is 53.5 Å². The standard InChI is InChI=1S/C13H22N4O/c1-10-6-15-16-13(10)8-14-7-12-9-17(4-5-18-12)11-2-3-11/h6,11-12,14H,2-5,7-9H2,1H3,(H,15,16). The van der Waals surface area contributed by atoms with Crippen LogP contribution in [0.25, 0.3) is 0 Å². The van der Waals surface area contributed by atoms with Crippen molar-refractivity contribution >= 4 is 0 Å². The summed E-state index contributed by atoms with van der Waals surface area (Å²) in [4.78, 5) is 2.58. The first-order valence-corrected chi connectivity index (χ1v) is 6.88. The van der Waals surface area contributed by atoms with E-state index in [1.807, 2.05) is 6.20 Å². The highest BCUT2D eigenvalue weighted by molar-refractivity contribution is 5.13. The number of hydrogen-bond acceptors (Lipinski definition) is 4. The molecule has 2 fully saturated rings. The Morgan fingerprint density at radius 2 is 2.44 bits per heavy atom. The molecule has 1 aliphatic heterocycles. The van der Waals surface area contributed by atoms with E-state index in [9.17, 15) is 0 Å². The number of rotatable bonds is 5. The molecule has 5 heteroatoms. The van der Waals surface area contributed by atoms with Crippen molar-refractivity contribution < 1.29 is 4.74 Å². The van der Waals surface area contributed by atoms with Gasteiger partial charge in [-0.25, -0.2) is 0 Å². The molecule has 2 N–H and O–H groups in total. The summed E-state index contributed by atoms with van der Waals surface area (Å²) in [6, 6.07) is 0.853. The Kier molecular flexibility index (Phi) is 3.63. The van der Waals surface area contributed by atoms with Crippen LogP contribution >= 0.6 is 0 Å². The molecule has 2 heterocycles. The van der Waals surface area contributed by atoms with Crippen molar-refractivity contribution in [3.05, 3.63) is 17.5 Å². The van der Waals surface area contributed by atoms with E-state index < -0.39 is 0 Å². The summed E-state index contributed by atoms with van der Waals surface area (Å²) in [6.07, 6.45) is 4.96. The minimum Gasteiger partial charge on any atom is -0.374 e. The predicted octanol–water partition coefficient (Wildman–Crippen LogP) is 0.671. The van der Waals surface area contributed by atoms with Crippen molar-refractivity contribution in [2.24, 2.45) is 0 Å². The molecule has 1 saturated carbocycles. The van der Waals surface area contributed by atoms with E-state index in [2.05, 4.69) is 27.3 Å². The number of nitrogens with one attached hydrogen (secondary N) is 2. The van der Waals surface area contributed by atoms with Crippen LogP contribution in [0.15, 0.2) is 6.20 Å². The molecule has 1 unspecified atom stereocenters. The second-order valence-corrected chi connectivity index (χ2v) is 5.38. The molecule has 1 atom stereocenters. The van der Waals surface area contributed by atoms with Crippen LogP contribution in [0.3, 0.4) is 0 Å². The molecule has 0 aromatic carbocycles. The highest BCUT2D eigenvalue weighted by Gasteiger charge is 2.32. The van der Waals surface area contributed by atoms with Gasteiger partial charge in [0.25, 0.3) is 0 Å². The topological polar surface area (TPSA) is 53.2 Å². The Bertz CT molecular complexity index is 388. The Morgan fingerprint density at radius 3 is 3.17 bits per heavy atom. The van der Waals surface area contributed by atoms with Crippen LogP contribution in [0.4, 0.5) is 0 Å². The zero-order valence-corrected chi connectivity index (χ0v) is 11.0. The van der Waals surface area contributed by atoms with Crippen molar-refractivity contribution in [2.45, 2.75) is 38.5 Å². The number of nitrogens with zero attached hydrogens (tertiary/aromatic N) is 2. The maximum Gasteiger partial charge on any atom is 0.0826 e. The Morgan fingerprint density at radius 1 is 1.56 bits per heavy atom. The minimum atomic E-state index is 0.336. The van der Waals surface area contributed by atoms with Gasteiger partial charge in [0.1, 0.15) is 0 Å². The second-order valence-electron chi connectivity index (χ2n) is 5.38. The normalized spacial score (nSPS) is 25.5. The molecule has 0 bridgehead atoms. The first-order chi connectivity index (χ1) is 8.83. The molecule has 1 aromatic heterocycles. The highest BCUT2D eigenvalue weighted by Crippen LogP contribution is 2.28. The van der Waals surface area contributed by atoms with E-state index in [0.717, 1.165) is 38.8 Å². The van der Waals surface area contributed by atoms with Crippen molar-refractivity contribution in [1.82, 2.24) is 20.4 Å². The summed E-state index contributed by atoms with van der Waals surface area (Å²) in [5.74, 6) is 0. The Balaban J connectivity index is 1.41. The molecule has 0 radical (unpaired) electrons. The molecular formula is C13H22N4O. The lowest BCUT2D eigenvalue weighted by Crippen LogP contribution is -2.47. The van der Waals surface area contributed by atoms with Crippen LogP contribution in [0.2, 0.25) is 0 Å². The van der Waals surface area contributed by atoms with Gasteiger partial charge in [0.05, 0.1) is 24.6 Å². The van der Waals surface area contributed by atoms with Crippen molar-refractivity contribution in [3.8, 4) is 0 Å². The second kappa shape index (κ2) is 5.38. The first-order valence-electron chi connectivity index (χ1n) is 6.88. The zero-order chi connectivity index (χ0) is 12.4. The van der Waals surface area contributed by atoms with Crippen molar-refractivity contribution in [3.63, 3.8) is 0 Å². The number of aromatic amines is 1. The third-order valence-electron chi connectivity index (χ3n) is 3.84. The van der Waals surface area contributed by atoms with Crippen LogP contribution in [-0.2, 0) is 11.3 Å². The van der Waals surface area contributed by atoms with Gasteiger partial charge in [-0.15, -0.1) is 0 Å². The minimum absolute atomic E-state index is 0.336. The fourth-order valence-electron chi connectivity index (χ4n) is 2.55. The van der Waals surface area contributed by atoms with Gasteiger partial charge in [-0.3, -0.25) is 10.00 Å². The predicted molar refractivity (Wildman–Crippen MR) is 69.4 cm³/mol. The lowest BCUT2D eigenvalue weighted by atomic mass is 10.2. The molecule has 1 aromatic rings. The summed E-state index contributed by atoms with van der Waals surface area (Å²) < 4.78 is 5.81. The maximum absolute atomic E-state index is 5.81. The van der Waals surface area contributed by atoms with Gasteiger partial charge >= 0.3 is 0 Å². The van der Waals surface area contributed by atoms with E-state index in [4.69, 9.17) is 4.74 Å². The monoisotopic (exact) mass is 250 g/mol. The first kappa shape index (κ1) is 12.1. The summed E-state index contributed by atoms with van der Waals surface area (Å²) in [7, 11) is 0. The number of ether oxygens (including phenoxy) is 1. The number of aryl methyl sites for hydroxylation is 1. The smallest absolute Gasteiger partial charge is 0.0826 e. The molecule has 18 heavy (non-hydrogen) atoms. The van der Waals surface area contributed by atoms with Gasteiger partial charge in [0, 0.05) is 32.2 Å². The van der Waals surface area contributed by atoms with E-state index in [0.29, 0.717) is 6.10 Å². The zero-order valence-electron chi connectivity index (χ0n) is 11.0. The molecule has 1 saturated heterocycles. The number of hydrogen-bond donors (Lipinski definition) is 2. The maximum atomic E-state index is 5.81. The van der Waals surface area contributed by atoms with Gasteiger partial charge in [0.15, 0.2) is 0 Å². The average Bonchev–Trinajstić information content (AvgIpc) is 3.15. The van der Waals surface area contributed by atoms with Crippen LogP contribution in [0, 0.1) is 6.92 Å². The molecule has 2 aliphatic rings. The summed E-state index contributed by atoms with van der Waals surface area (Å²) in [6.45, 7) is 6.91. The molecule has 5 nitrogen and oxygen atoms in total. The molecule has 100 valence electrons. The molecule has 0 amide bonds. The molecule has 0 spiro atoms. The van der Waals surface area contributed by atoms with Crippen LogP contribution < -0.4 is 5.32 Å². The SMILES string of the molecule is Cc1cn[nH]c1CNCC1CN(C2CC2)CCO1. The van der Waals surface area contributed by atoms with E-state index in [1.54, 1.807) is 0 Å². The van der Waals surface area contributed by atoms with Crippen molar-refractivity contribution in [2.75, 3.05) is 26.2 Å². The van der Waals surface area contributed by atoms with Crippen LogP contribution in [0.1, 0.15) is 24.1 Å². The van der Waals surface area contributed by atoms with Crippen molar-refractivity contribution in [1.29, 1.82) is 0 Å². The third kappa shape index (κ3) is 2.91. The highest BCUT2D eigenvalue weighted by atomic mass is 16.5. The van der Waals surface area contributed by atoms with Gasteiger partial charge in [0.2, 0.25) is 0 Å². The number of aromatic nitrogens is 2. The molecule has 1 aliphatic carbocycles. The van der Waals surface area contributed by atoms with E-state index >= 15 is 0 Å². The lowest BCUT2D eigenvalue weighted by molar-refractivity contribution is -0.0301. The Labute approximate surface area is 108 Å². The van der Waals surface area contributed by atoms with Gasteiger partial charge in [-0.1, -0.05) is 0 Å². The Hall–Kier alpha value is -0.910. The summed E-state index contributed by atoms with van der Waals surface area (Å²) in [5.41, 5.74) is 2.39. The van der Waals surface area contributed by atoms with E-state index in [1.165, 1.54) is 24.1 Å². The molecule has 3 rings (SSSR count). The van der Waals surface area contributed by atoms with Gasteiger partial charge in [-0.2, -0.15) is 5.10 Å². The largest absolute Gasteiger partial charge is 0.374 e. The average molecular weight is 250 g/mol. The van der Waals surface area contributed by atoms with E-state index in [-0.39, 0.29) is 0 Å². The number of morpholine rings is 1. The summed E-state index contributed by atoms with van der Waals surface area (Å²) >= 11 is 0. The quantitative estimate of drug-likeness (QED) is 0.806. The fraction of sp³-hybridized carbons (Fsp3) is 0.769. The lowest BCUT2D eigenvalue weighted by Gasteiger charge is -2.33. The fourth-order valence-corrected chi connectivity index (χ4v) is 2.55. The molecular weight excluding hydrogens is 228 g/mol. The third-order valence-corrected chi connectivity index (χ3v) is 3.84. The van der Waals surface area contributed by atoms with Gasteiger partial charge in [-0.05, 0) is 25.3 Å². The number of H-pyrrole nitrogens is 1. The summed E-state index contributed by atoms with van der Waals surface area (Å²) in [5, 5.41) is 10.5. The van der Waals surface area contributed by atoms with Gasteiger partial charge < -0.3 is 10.1 Å². The van der Waals surface area contributed by atoms with Crippen LogP contribution in [0.5, 0.6) is 0 Å².